The molecule has 1 fully saturated rings. The largest absolute Gasteiger partial charge is 0.463 e. The Bertz CT molecular complexity index is 765. The number of nitrogens with two attached hydrogens (primary N) is 1. The smallest absolute Gasteiger partial charge is 0.383 e. The number of hydrogen-bond acceptors (Lipinski definition) is 8. The van der Waals surface area contributed by atoms with Crippen LogP contribution >= 0.6 is 0 Å². The quantitative estimate of drug-likeness (QED) is 0.384. The molecular formula is C17H21N2O8+. The lowest BCUT2D eigenvalue weighted by Gasteiger charge is -2.31. The first-order valence-electron chi connectivity index (χ1n) is 8.10. The van der Waals surface area contributed by atoms with Gasteiger partial charge in [-0.3, -0.25) is 19.2 Å². The fourth-order valence-electron chi connectivity index (χ4n) is 2.91. The predicted octanol–water partition coefficient (Wildman–Crippen LogP) is -0.817. The topological polar surface area (TPSA) is 135 Å². The molecular weight excluding hydrogens is 360 g/mol. The van der Waals surface area contributed by atoms with E-state index in [2.05, 4.69) is 0 Å². The van der Waals surface area contributed by atoms with Crippen LogP contribution in [-0.4, -0.2) is 49.2 Å². The van der Waals surface area contributed by atoms with Crippen molar-refractivity contribution in [3.63, 3.8) is 0 Å². The van der Waals surface area contributed by atoms with Gasteiger partial charge in [0, 0.05) is 26.8 Å². The number of rotatable bonds is 6. The van der Waals surface area contributed by atoms with Crippen molar-refractivity contribution < 1.29 is 42.7 Å². The minimum absolute atomic E-state index is 0.118. The number of pyridine rings is 1. The Balaban J connectivity index is 2.60. The second kappa shape index (κ2) is 8.12. The molecule has 2 N–H and O–H groups in total. The number of aromatic nitrogens is 1. The monoisotopic (exact) mass is 381 g/mol. The summed E-state index contributed by atoms with van der Waals surface area (Å²) in [6.45, 7) is 3.20. The predicted molar refractivity (Wildman–Crippen MR) is 86.8 cm³/mol. The maximum absolute atomic E-state index is 11.9. The average molecular weight is 381 g/mol. The summed E-state index contributed by atoms with van der Waals surface area (Å²) in [4.78, 5) is 46.2. The molecule has 2 heterocycles. The van der Waals surface area contributed by atoms with Gasteiger partial charge in [0.1, 0.15) is 12.2 Å². The van der Waals surface area contributed by atoms with E-state index in [-0.39, 0.29) is 18.8 Å². The van der Waals surface area contributed by atoms with Gasteiger partial charge in [-0.2, -0.15) is 4.57 Å². The van der Waals surface area contributed by atoms with Gasteiger partial charge < -0.3 is 24.7 Å². The lowest BCUT2D eigenvalue weighted by Crippen LogP contribution is -2.69. The second-order valence-corrected chi connectivity index (χ2v) is 5.93. The van der Waals surface area contributed by atoms with Gasteiger partial charge in [-0.15, -0.1) is 0 Å². The van der Waals surface area contributed by atoms with Crippen LogP contribution < -0.4 is 10.3 Å². The lowest BCUT2D eigenvalue weighted by molar-refractivity contribution is -0.814. The Kier molecular flexibility index (Phi) is 6.11. The molecule has 0 aliphatic carbocycles. The minimum atomic E-state index is -1.70. The van der Waals surface area contributed by atoms with Crippen molar-refractivity contribution >= 4 is 23.8 Å². The normalized spacial score (nSPS) is 24.1. The van der Waals surface area contributed by atoms with Crippen LogP contribution in [0.1, 0.15) is 31.1 Å². The molecule has 0 radical (unpaired) electrons. The molecule has 10 nitrogen and oxygen atoms in total. The zero-order chi connectivity index (χ0) is 20.2. The zero-order valence-corrected chi connectivity index (χ0v) is 15.2. The lowest BCUT2D eigenvalue weighted by atomic mass is 10.0. The standard InChI is InChI=1S/C17H20N2O8/c1-10(20)24-8-14-17(27-12(3)22,15(9-25-14)26-11(2)21)19-6-4-5-13(7-19)16(18)23/h4-7,14-15H,8-9H2,1-3H3,(H-,18,23)/p+1/t14-,15+,17-/m0/s1. The Hall–Kier alpha value is -3.01. The first kappa shape index (κ1) is 20.3. The van der Waals surface area contributed by atoms with E-state index in [1.54, 1.807) is 0 Å². The molecule has 0 unspecified atom stereocenters. The molecule has 0 bridgehead atoms. The van der Waals surface area contributed by atoms with Crippen LogP contribution in [0.5, 0.6) is 0 Å². The summed E-state index contributed by atoms with van der Waals surface area (Å²) < 4.78 is 22.9. The zero-order valence-electron chi connectivity index (χ0n) is 15.2. The van der Waals surface area contributed by atoms with Crippen LogP contribution in [-0.2, 0) is 39.1 Å². The molecule has 0 spiro atoms. The third-order valence-electron chi connectivity index (χ3n) is 3.91. The van der Waals surface area contributed by atoms with E-state index in [9.17, 15) is 19.2 Å². The maximum atomic E-state index is 11.9. The summed E-state index contributed by atoms with van der Waals surface area (Å²) in [5.74, 6) is -2.59. The number of primary amides is 1. The number of nitrogens with zero attached hydrogens (tertiary/aromatic N) is 1. The van der Waals surface area contributed by atoms with Gasteiger partial charge in [-0.05, 0) is 6.07 Å². The van der Waals surface area contributed by atoms with E-state index in [0.717, 1.165) is 0 Å². The van der Waals surface area contributed by atoms with Gasteiger partial charge in [0.15, 0.2) is 18.5 Å². The number of esters is 3. The van der Waals surface area contributed by atoms with Crippen LogP contribution in [0.4, 0.5) is 0 Å². The van der Waals surface area contributed by atoms with E-state index in [1.165, 1.54) is 49.9 Å². The van der Waals surface area contributed by atoms with Crippen LogP contribution in [0.15, 0.2) is 24.5 Å². The highest BCUT2D eigenvalue weighted by atomic mass is 16.7. The molecule has 1 aliphatic heterocycles. The third-order valence-corrected chi connectivity index (χ3v) is 3.91. The van der Waals surface area contributed by atoms with Gasteiger partial charge in [0.2, 0.25) is 6.10 Å². The van der Waals surface area contributed by atoms with E-state index in [0.29, 0.717) is 0 Å². The van der Waals surface area contributed by atoms with Crippen molar-refractivity contribution in [3.05, 3.63) is 30.1 Å². The number of carbonyl (C=O) groups excluding carboxylic acids is 4. The van der Waals surface area contributed by atoms with E-state index < -0.39 is 41.7 Å². The molecule has 0 aromatic carbocycles. The number of ether oxygens (including phenoxy) is 4. The fraction of sp³-hybridized carbons (Fsp3) is 0.471. The molecule has 1 aromatic heterocycles. The summed E-state index contributed by atoms with van der Waals surface area (Å²) in [5, 5.41) is 0. The number of amides is 1. The summed E-state index contributed by atoms with van der Waals surface area (Å²) in [6.07, 6.45) is 0.800. The van der Waals surface area contributed by atoms with Crippen LogP contribution in [0.2, 0.25) is 0 Å². The van der Waals surface area contributed by atoms with Crippen molar-refractivity contribution in [2.75, 3.05) is 13.2 Å². The average Bonchev–Trinajstić information content (AvgIpc) is 2.90. The second-order valence-electron chi connectivity index (χ2n) is 5.93. The van der Waals surface area contributed by atoms with Gasteiger partial charge >= 0.3 is 23.6 Å². The summed E-state index contributed by atoms with van der Waals surface area (Å²) >= 11 is 0. The first-order chi connectivity index (χ1) is 12.7. The van der Waals surface area contributed by atoms with Gasteiger partial charge in [0.25, 0.3) is 5.91 Å². The van der Waals surface area contributed by atoms with Crippen molar-refractivity contribution in [2.45, 2.75) is 38.7 Å². The highest BCUT2D eigenvalue weighted by Crippen LogP contribution is 2.33. The molecule has 0 saturated carbocycles. The highest BCUT2D eigenvalue weighted by Gasteiger charge is 2.66. The Morgan fingerprint density at radius 1 is 1.22 bits per heavy atom. The summed E-state index contributed by atoms with van der Waals surface area (Å²) in [5.41, 5.74) is 3.76. The van der Waals surface area contributed by atoms with Crippen molar-refractivity contribution in [1.82, 2.24) is 0 Å². The third kappa shape index (κ3) is 4.40. The Morgan fingerprint density at radius 2 is 1.93 bits per heavy atom. The van der Waals surface area contributed by atoms with Gasteiger partial charge in [-0.1, -0.05) is 0 Å². The van der Waals surface area contributed by atoms with Crippen molar-refractivity contribution in [3.8, 4) is 0 Å². The Morgan fingerprint density at radius 3 is 2.48 bits per heavy atom. The summed E-state index contributed by atoms with van der Waals surface area (Å²) in [6, 6.07) is 2.98. The molecule has 27 heavy (non-hydrogen) atoms. The van der Waals surface area contributed by atoms with E-state index in [1.807, 2.05) is 0 Å². The molecule has 1 saturated heterocycles. The highest BCUT2D eigenvalue weighted by molar-refractivity contribution is 5.92. The molecule has 3 atom stereocenters. The van der Waals surface area contributed by atoms with Crippen LogP contribution in [0, 0.1) is 0 Å². The first-order valence-corrected chi connectivity index (χ1v) is 8.10. The molecule has 10 heteroatoms. The van der Waals surface area contributed by atoms with Crippen molar-refractivity contribution in [2.24, 2.45) is 5.73 Å². The number of carbonyl (C=O) groups is 4. The SMILES string of the molecule is CC(=O)OC[C@@H]1OC[C@@H](OC(C)=O)[C@]1(OC(C)=O)[n+]1cccc(C(N)=O)c1. The van der Waals surface area contributed by atoms with Crippen LogP contribution in [0.3, 0.4) is 0 Å². The molecule has 2 rings (SSSR count). The number of hydrogen-bond donors (Lipinski definition) is 1. The van der Waals surface area contributed by atoms with Crippen LogP contribution in [0.25, 0.3) is 0 Å². The fourth-order valence-corrected chi connectivity index (χ4v) is 2.91. The maximum Gasteiger partial charge on any atom is 0.383 e. The summed E-state index contributed by atoms with van der Waals surface area (Å²) in [7, 11) is 0. The molecule has 1 aliphatic rings. The van der Waals surface area contributed by atoms with E-state index >= 15 is 0 Å². The van der Waals surface area contributed by atoms with E-state index in [4.69, 9.17) is 24.7 Å². The minimum Gasteiger partial charge on any atom is -0.463 e. The molecule has 1 amide bonds. The van der Waals surface area contributed by atoms with Gasteiger partial charge in [-0.25, -0.2) is 0 Å². The molecule has 1 aromatic rings. The Labute approximate surface area is 155 Å². The van der Waals surface area contributed by atoms with Gasteiger partial charge in [0.05, 0.1) is 6.61 Å². The molecule has 146 valence electrons. The van der Waals surface area contributed by atoms with Crippen molar-refractivity contribution in [1.29, 1.82) is 0 Å².